The molecule has 174 valence electrons. The summed E-state index contributed by atoms with van der Waals surface area (Å²) in [6.07, 6.45) is 1.68. The van der Waals surface area contributed by atoms with E-state index in [1.807, 2.05) is 25.1 Å². The number of ether oxygens (including phenoxy) is 1. The number of piperazine rings is 1. The summed E-state index contributed by atoms with van der Waals surface area (Å²) in [5.74, 6) is -0.286. The molecule has 1 aliphatic rings. The molecule has 0 bridgehead atoms. The fourth-order valence-corrected chi connectivity index (χ4v) is 5.58. The molecule has 10 heteroatoms. The number of aryl methyl sites for hydroxylation is 1. The second-order valence-corrected chi connectivity index (χ2v) is 9.81. The van der Waals surface area contributed by atoms with Gasteiger partial charge in [-0.15, -0.1) is 0 Å². The highest BCUT2D eigenvalue weighted by Crippen LogP contribution is 2.26. The average molecular weight is 476 g/mol. The van der Waals surface area contributed by atoms with Crippen molar-refractivity contribution in [2.75, 3.05) is 19.6 Å². The minimum atomic E-state index is -3.85. The number of pyridine rings is 1. The van der Waals surface area contributed by atoms with Crippen molar-refractivity contribution in [3.63, 3.8) is 0 Å². The molecule has 0 saturated carbocycles. The van der Waals surface area contributed by atoms with E-state index in [9.17, 15) is 22.0 Å². The summed E-state index contributed by atoms with van der Waals surface area (Å²) in [6.45, 7) is 1.14. The first-order valence-corrected chi connectivity index (χ1v) is 11.8. The van der Waals surface area contributed by atoms with Crippen molar-refractivity contribution in [2.45, 2.75) is 31.4 Å². The number of rotatable bonds is 5. The molecule has 0 radical (unpaired) electrons. The van der Waals surface area contributed by atoms with E-state index < -0.39 is 16.6 Å². The van der Waals surface area contributed by atoms with Crippen LogP contribution in [0.15, 0.2) is 59.6 Å². The second kappa shape index (κ2) is 9.03. The van der Waals surface area contributed by atoms with Crippen LogP contribution in [0.3, 0.4) is 0 Å². The molecule has 1 aromatic heterocycles. The number of sulfonamides is 1. The second-order valence-electron chi connectivity index (χ2n) is 7.87. The Hall–Kier alpha value is -3.11. The first-order valence-electron chi connectivity index (χ1n) is 10.4. The lowest BCUT2D eigenvalue weighted by Gasteiger charge is -2.39. The number of halogens is 2. The monoisotopic (exact) mass is 475 g/mol. The Bertz CT molecular complexity index is 1280. The largest absolute Gasteiger partial charge is 0.435 e. The van der Waals surface area contributed by atoms with Gasteiger partial charge in [0, 0.05) is 42.8 Å². The van der Waals surface area contributed by atoms with Crippen molar-refractivity contribution in [1.82, 2.24) is 14.2 Å². The summed E-state index contributed by atoms with van der Waals surface area (Å²) < 4.78 is 56.3. The fourth-order valence-electron chi connectivity index (χ4n) is 4.06. The molecule has 7 nitrogen and oxygen atoms in total. The van der Waals surface area contributed by atoms with Gasteiger partial charge in [0.25, 0.3) is 5.91 Å². The fraction of sp³-hybridized carbons (Fsp3) is 0.304. The number of amides is 1. The van der Waals surface area contributed by atoms with E-state index in [0.29, 0.717) is 5.56 Å². The molecule has 3 aromatic rings. The number of carbonyl (C=O) groups is 1. The van der Waals surface area contributed by atoms with Gasteiger partial charge in [0.05, 0.1) is 10.4 Å². The first-order chi connectivity index (χ1) is 15.7. The Morgan fingerprint density at radius 2 is 1.85 bits per heavy atom. The molecule has 33 heavy (non-hydrogen) atoms. The van der Waals surface area contributed by atoms with E-state index in [-0.39, 0.29) is 42.2 Å². The van der Waals surface area contributed by atoms with Crippen LogP contribution in [-0.2, 0) is 10.0 Å². The molecule has 1 atom stereocenters. The lowest BCUT2D eigenvalue weighted by molar-refractivity contribution is -0.0498. The van der Waals surface area contributed by atoms with Crippen LogP contribution in [0.2, 0.25) is 0 Å². The standard InChI is InChI=1S/C23H23F2N3O4S/c1-15-14-27(33(30,31)19-8-6-18(7-9-19)32-23(24)25)12-13-28(15)22(29)20-10-5-17-4-3-11-26-21(17)16(20)2/h3-11,15,23H,12-14H2,1-2H3/t15-/m0/s1. The molecule has 1 fully saturated rings. The molecular formula is C23H23F2N3O4S. The van der Waals surface area contributed by atoms with Crippen molar-refractivity contribution in [2.24, 2.45) is 0 Å². The molecule has 1 aliphatic heterocycles. The van der Waals surface area contributed by atoms with Crippen LogP contribution in [0.1, 0.15) is 22.8 Å². The normalized spacial score (nSPS) is 17.5. The van der Waals surface area contributed by atoms with Crippen LogP contribution in [0.4, 0.5) is 8.78 Å². The molecule has 4 rings (SSSR count). The third-order valence-electron chi connectivity index (χ3n) is 5.80. The van der Waals surface area contributed by atoms with Gasteiger partial charge in [0.1, 0.15) is 5.75 Å². The van der Waals surface area contributed by atoms with Gasteiger partial charge in [-0.2, -0.15) is 13.1 Å². The van der Waals surface area contributed by atoms with Crippen LogP contribution in [0.25, 0.3) is 10.9 Å². The Labute approximate surface area is 190 Å². The van der Waals surface area contributed by atoms with Gasteiger partial charge in [-0.3, -0.25) is 9.78 Å². The summed E-state index contributed by atoms with van der Waals surface area (Å²) in [6, 6.07) is 11.9. The molecule has 1 saturated heterocycles. The van der Waals surface area contributed by atoms with Gasteiger partial charge in [-0.1, -0.05) is 12.1 Å². The Balaban J connectivity index is 1.50. The van der Waals surface area contributed by atoms with Crippen LogP contribution in [-0.4, -0.2) is 60.8 Å². The quantitative estimate of drug-likeness (QED) is 0.563. The number of aromatic nitrogens is 1. The first kappa shape index (κ1) is 23.1. The maximum atomic E-state index is 13.3. The topological polar surface area (TPSA) is 79.8 Å². The van der Waals surface area contributed by atoms with Gasteiger partial charge < -0.3 is 9.64 Å². The maximum Gasteiger partial charge on any atom is 0.387 e. The lowest BCUT2D eigenvalue weighted by Crippen LogP contribution is -2.55. The number of hydrogen-bond acceptors (Lipinski definition) is 5. The number of benzene rings is 2. The number of carbonyl (C=O) groups excluding carboxylic acids is 1. The minimum absolute atomic E-state index is 0.0208. The van der Waals surface area contributed by atoms with Crippen LogP contribution >= 0.6 is 0 Å². The van der Waals surface area contributed by atoms with Crippen molar-refractivity contribution in [3.8, 4) is 5.75 Å². The molecular weight excluding hydrogens is 452 g/mol. The zero-order chi connectivity index (χ0) is 23.8. The van der Waals surface area contributed by atoms with Gasteiger partial charge >= 0.3 is 6.61 Å². The van der Waals surface area contributed by atoms with Crippen LogP contribution < -0.4 is 4.74 Å². The van der Waals surface area contributed by atoms with Crippen molar-refractivity contribution in [3.05, 3.63) is 65.9 Å². The average Bonchev–Trinajstić information content (AvgIpc) is 2.79. The van der Waals surface area contributed by atoms with E-state index in [1.165, 1.54) is 28.6 Å². The summed E-state index contributed by atoms with van der Waals surface area (Å²) in [4.78, 5) is 19.3. The van der Waals surface area contributed by atoms with Crippen molar-refractivity contribution >= 4 is 26.8 Å². The number of fused-ring (bicyclic) bond motifs is 1. The van der Waals surface area contributed by atoms with Crippen LogP contribution in [0, 0.1) is 6.92 Å². The summed E-state index contributed by atoms with van der Waals surface area (Å²) in [5.41, 5.74) is 2.09. The maximum absolute atomic E-state index is 13.3. The van der Waals surface area contributed by atoms with E-state index in [4.69, 9.17) is 0 Å². The highest BCUT2D eigenvalue weighted by atomic mass is 32.2. The van der Waals surface area contributed by atoms with Gasteiger partial charge in [0.2, 0.25) is 10.0 Å². The predicted octanol–water partition coefficient (Wildman–Crippen LogP) is 3.68. The SMILES string of the molecule is Cc1c(C(=O)N2CCN(S(=O)(=O)c3ccc(OC(F)F)cc3)C[C@@H]2C)ccc2cccnc12. The van der Waals surface area contributed by atoms with E-state index in [1.54, 1.807) is 24.1 Å². The summed E-state index contributed by atoms with van der Waals surface area (Å²) >= 11 is 0. The van der Waals surface area contributed by atoms with Gasteiger partial charge in [-0.05, 0) is 55.8 Å². The van der Waals surface area contributed by atoms with E-state index in [2.05, 4.69) is 9.72 Å². The van der Waals surface area contributed by atoms with Crippen molar-refractivity contribution in [1.29, 1.82) is 0 Å². The number of nitrogens with zero attached hydrogens (tertiary/aromatic N) is 3. The number of alkyl halides is 2. The Morgan fingerprint density at radius 1 is 1.12 bits per heavy atom. The molecule has 2 aromatic carbocycles. The van der Waals surface area contributed by atoms with Gasteiger partial charge in [0.15, 0.2) is 0 Å². The molecule has 0 aliphatic carbocycles. The van der Waals surface area contributed by atoms with Crippen LogP contribution in [0.5, 0.6) is 5.75 Å². The van der Waals surface area contributed by atoms with E-state index in [0.717, 1.165) is 16.5 Å². The Kier molecular flexibility index (Phi) is 6.31. The molecule has 0 N–H and O–H groups in total. The highest BCUT2D eigenvalue weighted by molar-refractivity contribution is 7.89. The highest BCUT2D eigenvalue weighted by Gasteiger charge is 2.35. The Morgan fingerprint density at radius 3 is 2.52 bits per heavy atom. The summed E-state index contributed by atoms with van der Waals surface area (Å²) in [7, 11) is -3.85. The molecule has 0 unspecified atom stereocenters. The van der Waals surface area contributed by atoms with Gasteiger partial charge in [-0.25, -0.2) is 8.42 Å². The zero-order valence-electron chi connectivity index (χ0n) is 18.1. The third-order valence-corrected chi connectivity index (χ3v) is 7.68. The lowest BCUT2D eigenvalue weighted by atomic mass is 10.0. The number of hydrogen-bond donors (Lipinski definition) is 0. The van der Waals surface area contributed by atoms with Crippen molar-refractivity contribution < 1.29 is 26.7 Å². The molecule has 1 amide bonds. The van der Waals surface area contributed by atoms with E-state index >= 15 is 0 Å². The summed E-state index contributed by atoms with van der Waals surface area (Å²) in [5, 5.41) is 0.945. The predicted molar refractivity (Wildman–Crippen MR) is 119 cm³/mol. The smallest absolute Gasteiger partial charge is 0.387 e. The minimum Gasteiger partial charge on any atom is -0.435 e. The molecule has 2 heterocycles. The zero-order valence-corrected chi connectivity index (χ0v) is 18.9. The molecule has 0 spiro atoms. The third kappa shape index (κ3) is 4.53.